The number of hydrogen-bond acceptors (Lipinski definition) is 2. The fraction of sp³-hybridized carbons (Fsp3) is 0.500. The zero-order valence-corrected chi connectivity index (χ0v) is 10.7. The number of rotatable bonds is 3. The molecule has 0 saturated heterocycles. The van der Waals surface area contributed by atoms with Crippen LogP contribution in [0.5, 0.6) is 5.75 Å². The van der Waals surface area contributed by atoms with Crippen molar-refractivity contribution in [2.24, 2.45) is 0 Å². The van der Waals surface area contributed by atoms with Gasteiger partial charge in [-0.1, -0.05) is 6.07 Å². The summed E-state index contributed by atoms with van der Waals surface area (Å²) in [7, 11) is 3.48. The lowest BCUT2D eigenvalue weighted by Crippen LogP contribution is -2.35. The van der Waals surface area contributed by atoms with Gasteiger partial charge in [0, 0.05) is 14.1 Å². The van der Waals surface area contributed by atoms with Crippen molar-refractivity contribution in [3.63, 3.8) is 0 Å². The van der Waals surface area contributed by atoms with Gasteiger partial charge < -0.3 is 9.64 Å². The van der Waals surface area contributed by atoms with Gasteiger partial charge in [0.25, 0.3) is 5.91 Å². The van der Waals surface area contributed by atoms with E-state index in [1.807, 2.05) is 6.07 Å². The van der Waals surface area contributed by atoms with Crippen LogP contribution in [-0.2, 0) is 17.6 Å². The summed E-state index contributed by atoms with van der Waals surface area (Å²) in [5, 5.41) is 0. The van der Waals surface area contributed by atoms with Crippen LogP contribution in [0.4, 0.5) is 0 Å². The van der Waals surface area contributed by atoms with Crippen LogP contribution in [0.1, 0.15) is 24.5 Å². The molecule has 1 atom stereocenters. The Morgan fingerprint density at radius 1 is 1.29 bits per heavy atom. The number of amides is 1. The molecule has 1 aliphatic carbocycles. The van der Waals surface area contributed by atoms with Crippen molar-refractivity contribution in [1.29, 1.82) is 0 Å². The van der Waals surface area contributed by atoms with Crippen LogP contribution in [-0.4, -0.2) is 31.0 Å². The molecule has 3 nitrogen and oxygen atoms in total. The molecule has 1 unspecified atom stereocenters. The first kappa shape index (κ1) is 12.0. The predicted octanol–water partition coefficient (Wildman–Crippen LogP) is 2.03. The summed E-state index contributed by atoms with van der Waals surface area (Å²) in [5.74, 6) is 0.791. The Balaban J connectivity index is 2.06. The highest BCUT2D eigenvalue weighted by molar-refractivity contribution is 5.80. The Bertz CT molecular complexity index is 426. The second-order valence-corrected chi connectivity index (χ2v) is 4.78. The number of nitrogens with zero attached hydrogens (tertiary/aromatic N) is 1. The quantitative estimate of drug-likeness (QED) is 0.799. The minimum Gasteiger partial charge on any atom is -0.481 e. The van der Waals surface area contributed by atoms with Crippen molar-refractivity contribution in [3.8, 4) is 5.75 Å². The van der Waals surface area contributed by atoms with E-state index in [4.69, 9.17) is 4.74 Å². The van der Waals surface area contributed by atoms with E-state index in [2.05, 4.69) is 12.1 Å². The minimum atomic E-state index is -0.426. The van der Waals surface area contributed by atoms with Crippen LogP contribution in [0.15, 0.2) is 18.2 Å². The molecule has 3 heteroatoms. The Hall–Kier alpha value is -1.51. The molecule has 0 fully saturated rings. The SMILES string of the molecule is CC(Oc1ccc2c(c1)CCC2)C(=O)N(C)C. The van der Waals surface area contributed by atoms with Gasteiger partial charge in [0.2, 0.25) is 0 Å². The molecule has 0 aromatic heterocycles. The third-order valence-corrected chi connectivity index (χ3v) is 3.17. The van der Waals surface area contributed by atoms with Gasteiger partial charge >= 0.3 is 0 Å². The Labute approximate surface area is 102 Å². The number of hydrogen-bond donors (Lipinski definition) is 0. The molecule has 0 heterocycles. The maximum atomic E-state index is 11.7. The number of benzene rings is 1. The lowest BCUT2D eigenvalue weighted by atomic mass is 10.1. The summed E-state index contributed by atoms with van der Waals surface area (Å²) in [5.41, 5.74) is 2.79. The lowest BCUT2D eigenvalue weighted by Gasteiger charge is -2.18. The highest BCUT2D eigenvalue weighted by Crippen LogP contribution is 2.26. The molecule has 2 rings (SSSR count). The summed E-state index contributed by atoms with van der Waals surface area (Å²) in [4.78, 5) is 13.2. The van der Waals surface area contributed by atoms with E-state index in [1.54, 1.807) is 25.9 Å². The van der Waals surface area contributed by atoms with Crippen molar-refractivity contribution in [3.05, 3.63) is 29.3 Å². The van der Waals surface area contributed by atoms with Crippen LogP contribution in [0.3, 0.4) is 0 Å². The van der Waals surface area contributed by atoms with Crippen molar-refractivity contribution in [2.75, 3.05) is 14.1 Å². The molecule has 17 heavy (non-hydrogen) atoms. The van der Waals surface area contributed by atoms with Gasteiger partial charge in [-0.3, -0.25) is 4.79 Å². The van der Waals surface area contributed by atoms with Gasteiger partial charge in [-0.25, -0.2) is 0 Å². The van der Waals surface area contributed by atoms with E-state index in [0.29, 0.717) is 0 Å². The van der Waals surface area contributed by atoms with Gasteiger partial charge in [0.1, 0.15) is 5.75 Å². The predicted molar refractivity (Wildman–Crippen MR) is 67.3 cm³/mol. The molecule has 0 radical (unpaired) electrons. The number of carbonyl (C=O) groups is 1. The zero-order valence-electron chi connectivity index (χ0n) is 10.7. The van der Waals surface area contributed by atoms with Gasteiger partial charge in [0.15, 0.2) is 6.10 Å². The van der Waals surface area contributed by atoms with E-state index in [1.165, 1.54) is 24.0 Å². The first-order chi connectivity index (χ1) is 8.08. The highest BCUT2D eigenvalue weighted by Gasteiger charge is 2.17. The van der Waals surface area contributed by atoms with E-state index < -0.39 is 6.10 Å². The van der Waals surface area contributed by atoms with Crippen LogP contribution < -0.4 is 4.74 Å². The van der Waals surface area contributed by atoms with Gasteiger partial charge in [-0.2, -0.15) is 0 Å². The summed E-state index contributed by atoms with van der Waals surface area (Å²) in [6.45, 7) is 1.79. The normalized spacial score (nSPS) is 15.2. The smallest absolute Gasteiger partial charge is 0.262 e. The minimum absolute atomic E-state index is 0.00880. The molecule has 1 aromatic rings. The number of likely N-dealkylation sites (N-methyl/N-ethyl adjacent to an activating group) is 1. The lowest BCUT2D eigenvalue weighted by molar-refractivity contribution is -0.135. The first-order valence-electron chi connectivity index (χ1n) is 6.07. The largest absolute Gasteiger partial charge is 0.481 e. The molecule has 1 aromatic carbocycles. The van der Waals surface area contributed by atoms with Gasteiger partial charge in [0.05, 0.1) is 0 Å². The Morgan fingerprint density at radius 3 is 2.71 bits per heavy atom. The molecule has 0 aliphatic heterocycles. The average molecular weight is 233 g/mol. The first-order valence-corrected chi connectivity index (χ1v) is 6.07. The maximum Gasteiger partial charge on any atom is 0.262 e. The molecule has 1 amide bonds. The second kappa shape index (κ2) is 4.78. The fourth-order valence-electron chi connectivity index (χ4n) is 2.24. The second-order valence-electron chi connectivity index (χ2n) is 4.78. The number of carbonyl (C=O) groups excluding carboxylic acids is 1. The molecule has 0 saturated carbocycles. The molecule has 0 bridgehead atoms. The molecular weight excluding hydrogens is 214 g/mol. The fourth-order valence-corrected chi connectivity index (χ4v) is 2.24. The summed E-state index contributed by atoms with van der Waals surface area (Å²) < 4.78 is 5.67. The van der Waals surface area contributed by atoms with Crippen molar-refractivity contribution in [2.45, 2.75) is 32.3 Å². The zero-order chi connectivity index (χ0) is 12.4. The third kappa shape index (κ3) is 2.60. The van der Waals surface area contributed by atoms with E-state index >= 15 is 0 Å². The third-order valence-electron chi connectivity index (χ3n) is 3.17. The van der Waals surface area contributed by atoms with Crippen LogP contribution >= 0.6 is 0 Å². The molecular formula is C14H19NO2. The monoisotopic (exact) mass is 233 g/mol. The van der Waals surface area contributed by atoms with Crippen LogP contribution in [0.2, 0.25) is 0 Å². The van der Waals surface area contributed by atoms with E-state index in [0.717, 1.165) is 12.2 Å². The average Bonchev–Trinajstić information content (AvgIpc) is 2.74. The molecule has 0 N–H and O–H groups in total. The van der Waals surface area contributed by atoms with Crippen molar-refractivity contribution in [1.82, 2.24) is 4.90 Å². The molecule has 0 spiro atoms. The Kier molecular flexibility index (Phi) is 3.36. The van der Waals surface area contributed by atoms with Gasteiger partial charge in [-0.05, 0) is 49.4 Å². The van der Waals surface area contributed by atoms with Crippen molar-refractivity contribution < 1.29 is 9.53 Å². The standard InChI is InChI=1S/C14H19NO2/c1-10(14(16)15(2)3)17-13-8-7-11-5-4-6-12(11)9-13/h7-10H,4-6H2,1-3H3. The number of aryl methyl sites for hydroxylation is 2. The summed E-state index contributed by atoms with van der Waals surface area (Å²) in [6, 6.07) is 6.15. The summed E-state index contributed by atoms with van der Waals surface area (Å²) in [6.07, 6.45) is 3.10. The molecule has 92 valence electrons. The Morgan fingerprint density at radius 2 is 2.00 bits per heavy atom. The highest BCUT2D eigenvalue weighted by atomic mass is 16.5. The number of ether oxygens (including phenoxy) is 1. The van der Waals surface area contributed by atoms with Gasteiger partial charge in [-0.15, -0.1) is 0 Å². The molecule has 1 aliphatic rings. The van der Waals surface area contributed by atoms with Crippen LogP contribution in [0.25, 0.3) is 0 Å². The topological polar surface area (TPSA) is 29.5 Å². The van der Waals surface area contributed by atoms with E-state index in [9.17, 15) is 4.79 Å². The number of fused-ring (bicyclic) bond motifs is 1. The maximum absolute atomic E-state index is 11.7. The van der Waals surface area contributed by atoms with E-state index in [-0.39, 0.29) is 5.91 Å². The van der Waals surface area contributed by atoms with Crippen LogP contribution in [0, 0.1) is 0 Å². The van der Waals surface area contributed by atoms with Crippen molar-refractivity contribution >= 4 is 5.91 Å². The summed E-state index contributed by atoms with van der Waals surface area (Å²) >= 11 is 0.